The average molecular weight is 957 g/mol. The number of hydrogen-bond acceptors (Lipinski definition) is 16. The molecule has 4 saturated carbocycles. The first-order valence-corrected chi connectivity index (χ1v) is 23.6. The van der Waals surface area contributed by atoms with Crippen molar-refractivity contribution in [1.82, 2.24) is 0 Å². The summed E-state index contributed by atoms with van der Waals surface area (Å²) in [5, 5.41) is 104. The quantitative estimate of drug-likeness (QED) is 0.0675. The van der Waals surface area contributed by atoms with Crippen molar-refractivity contribution in [3.05, 3.63) is 11.6 Å². The lowest BCUT2D eigenvalue weighted by Gasteiger charge is -2.71. The fourth-order valence-electron chi connectivity index (χ4n) is 14.4. The Labute approximate surface area is 389 Å². The monoisotopic (exact) mass is 956 g/mol. The molecule has 4 unspecified atom stereocenters. The van der Waals surface area contributed by atoms with E-state index in [4.69, 9.17) is 28.4 Å². The van der Waals surface area contributed by atoms with Gasteiger partial charge in [-0.25, -0.2) is 14.4 Å². The van der Waals surface area contributed by atoms with E-state index in [-0.39, 0.29) is 39.4 Å². The molecule has 2 heterocycles. The number of hydrogen-bond donors (Lipinski definition) is 10. The predicted molar refractivity (Wildman–Crippen MR) is 228 cm³/mol. The van der Waals surface area contributed by atoms with Crippen LogP contribution in [0.5, 0.6) is 0 Å². The van der Waals surface area contributed by atoms with Gasteiger partial charge in [0.05, 0.1) is 18.1 Å². The number of carboxylic acids is 4. The highest BCUT2D eigenvalue weighted by Crippen LogP contribution is 2.76. The fourth-order valence-corrected chi connectivity index (χ4v) is 14.4. The Hall–Kier alpha value is -2.86. The van der Waals surface area contributed by atoms with Crippen molar-refractivity contribution >= 4 is 23.9 Å². The predicted octanol–water partition coefficient (Wildman–Crippen LogP) is 1.87. The van der Waals surface area contributed by atoms with Gasteiger partial charge in [-0.1, -0.05) is 60.1 Å². The van der Waals surface area contributed by atoms with Crippen LogP contribution in [0, 0.1) is 50.2 Å². The van der Waals surface area contributed by atoms with E-state index in [1.165, 1.54) is 5.57 Å². The molecule has 0 bridgehead atoms. The van der Waals surface area contributed by atoms with Crippen LogP contribution in [0.15, 0.2) is 11.6 Å². The summed E-state index contributed by atoms with van der Waals surface area (Å²) in [6.07, 6.45) is -15.7. The molecule has 0 aromatic carbocycles. The third-order valence-corrected chi connectivity index (χ3v) is 18.4. The van der Waals surface area contributed by atoms with Gasteiger partial charge >= 0.3 is 23.9 Å². The van der Waals surface area contributed by atoms with Crippen LogP contribution in [-0.4, -0.2) is 168 Å². The lowest BCUT2D eigenvalue weighted by atomic mass is 9.33. The SMILES string of the molecule is CC1(C)CC[C@]2(C(=O)O)CC[C@]3(C)C(=CCC4[C@@]5(C)CC[C@H](O[C@@H]6O[C@H](C(=O)O)[C@@H](O)[C@H](OC(OCC(=O)O)C(O)C(=O)O)[C@H]6O[C@@H]6O[C@H](CO)[C@@H](O)[C@H](O)[C@H]6O)C(C)(C)C5CC[C@]43C)[C@@H]2C1. The van der Waals surface area contributed by atoms with Crippen molar-refractivity contribution in [3.63, 3.8) is 0 Å². The summed E-state index contributed by atoms with van der Waals surface area (Å²) in [6, 6.07) is 0. The Bertz CT molecular complexity index is 1920. The molecule has 20 atom stereocenters. The molecule has 2 aliphatic heterocycles. The maximum Gasteiger partial charge on any atom is 0.337 e. The summed E-state index contributed by atoms with van der Waals surface area (Å²) in [7, 11) is 0. The molecule has 0 radical (unpaired) electrons. The van der Waals surface area contributed by atoms with Crippen LogP contribution in [0.1, 0.15) is 113 Å². The number of aliphatic hydroxyl groups excluding tert-OH is 6. The van der Waals surface area contributed by atoms with Gasteiger partial charge in [0.15, 0.2) is 25.0 Å². The van der Waals surface area contributed by atoms with E-state index < -0.39 is 128 Å². The molecule has 0 aromatic heterocycles. The van der Waals surface area contributed by atoms with Crippen LogP contribution in [0.4, 0.5) is 0 Å². The highest BCUT2D eigenvalue weighted by Gasteiger charge is 2.70. The van der Waals surface area contributed by atoms with Crippen molar-refractivity contribution in [2.75, 3.05) is 13.2 Å². The Morgan fingerprint density at radius 2 is 1.43 bits per heavy atom. The minimum Gasteiger partial charge on any atom is -0.481 e. The van der Waals surface area contributed by atoms with Crippen molar-refractivity contribution in [2.24, 2.45) is 50.2 Å². The number of rotatable bonds is 14. The maximum atomic E-state index is 13.2. The van der Waals surface area contributed by atoms with E-state index in [9.17, 15) is 70.2 Å². The van der Waals surface area contributed by atoms with Gasteiger partial charge in [0.25, 0.3) is 0 Å². The standard InChI is InChI=1S/C47H72O20/c1-42(2)14-16-47(41(60)61)17-15-45(6)21(22(47)18-42)8-9-25-44(5)12-11-26(43(3,4)24(44)10-13-46(25,45)7)64-40-35(67-39-30(53)29(52)28(51)23(19-48)63-39)33(31(54)34(66-40)37(58)59)65-38(32(55)36(56)57)62-20-27(49)50/h8,22-26,28-35,38-40,48,51-55H,9-20H2,1-7H3,(H,49,50)(H,56,57)(H,58,59)(H,60,61)/t22-,23+,24?,25?,26-,28+,29-,30+,31-,32?,33-,34-,35+,38?,39-,40+,44-,45+,46+,47-/m0/s1. The molecule has 67 heavy (non-hydrogen) atoms. The van der Waals surface area contributed by atoms with Gasteiger partial charge in [-0.2, -0.15) is 0 Å². The summed E-state index contributed by atoms with van der Waals surface area (Å²) < 4.78 is 35.3. The summed E-state index contributed by atoms with van der Waals surface area (Å²) >= 11 is 0. The number of allylic oxidation sites excluding steroid dienone is 2. The van der Waals surface area contributed by atoms with Crippen LogP contribution in [-0.2, 0) is 47.6 Å². The van der Waals surface area contributed by atoms with Gasteiger partial charge in [0, 0.05) is 0 Å². The van der Waals surface area contributed by atoms with E-state index in [1.807, 2.05) is 13.8 Å². The van der Waals surface area contributed by atoms with Crippen molar-refractivity contribution in [2.45, 2.75) is 193 Å². The number of ether oxygens (including phenoxy) is 6. The summed E-state index contributed by atoms with van der Waals surface area (Å²) in [4.78, 5) is 49.3. The van der Waals surface area contributed by atoms with E-state index in [0.717, 1.165) is 38.5 Å². The van der Waals surface area contributed by atoms with Crippen LogP contribution in [0.2, 0.25) is 0 Å². The molecule has 7 rings (SSSR count). The summed E-state index contributed by atoms with van der Waals surface area (Å²) in [6.45, 7) is 13.6. The van der Waals surface area contributed by atoms with Crippen LogP contribution >= 0.6 is 0 Å². The Morgan fingerprint density at radius 1 is 0.761 bits per heavy atom. The Morgan fingerprint density at radius 3 is 2.04 bits per heavy atom. The minimum absolute atomic E-state index is 0.00603. The third-order valence-electron chi connectivity index (χ3n) is 18.4. The average Bonchev–Trinajstić information content (AvgIpc) is 3.24. The van der Waals surface area contributed by atoms with E-state index >= 15 is 0 Å². The molecule has 6 fully saturated rings. The van der Waals surface area contributed by atoms with Gasteiger partial charge in [0.1, 0.15) is 49.3 Å². The molecule has 20 heteroatoms. The van der Waals surface area contributed by atoms with Crippen molar-refractivity contribution in [3.8, 4) is 0 Å². The minimum atomic E-state index is -2.59. The Balaban J connectivity index is 1.22. The summed E-state index contributed by atoms with van der Waals surface area (Å²) in [5.41, 5.74) is -0.846. The zero-order valence-corrected chi connectivity index (χ0v) is 39.4. The van der Waals surface area contributed by atoms with Gasteiger partial charge in [-0.15, -0.1) is 0 Å². The molecule has 7 aliphatic rings. The fraction of sp³-hybridized carbons (Fsp3) is 0.872. The normalized spacial score (nSPS) is 46.6. The molecular formula is C47H72O20. The number of fused-ring (bicyclic) bond motifs is 7. The zero-order valence-electron chi connectivity index (χ0n) is 39.4. The van der Waals surface area contributed by atoms with Gasteiger partial charge in [-0.05, 0) is 109 Å². The lowest BCUT2D eigenvalue weighted by molar-refractivity contribution is -0.387. The maximum absolute atomic E-state index is 13.2. The zero-order chi connectivity index (χ0) is 49.6. The molecule has 20 nitrogen and oxygen atoms in total. The van der Waals surface area contributed by atoms with Crippen LogP contribution in [0.25, 0.3) is 0 Å². The largest absolute Gasteiger partial charge is 0.481 e. The molecule has 0 aromatic rings. The first kappa shape index (κ1) is 52.0. The van der Waals surface area contributed by atoms with Crippen molar-refractivity contribution < 1.29 is 98.7 Å². The topological polar surface area (TPSA) is 326 Å². The van der Waals surface area contributed by atoms with E-state index in [0.29, 0.717) is 25.7 Å². The van der Waals surface area contributed by atoms with Crippen LogP contribution < -0.4 is 0 Å². The second kappa shape index (κ2) is 18.4. The van der Waals surface area contributed by atoms with Gasteiger partial charge in [0.2, 0.25) is 6.10 Å². The number of carbonyl (C=O) groups is 4. The number of aliphatic carboxylic acids is 4. The smallest absolute Gasteiger partial charge is 0.337 e. The van der Waals surface area contributed by atoms with E-state index in [1.54, 1.807) is 0 Å². The first-order valence-electron chi connectivity index (χ1n) is 23.6. The molecular weight excluding hydrogens is 884 g/mol. The molecule has 2 saturated heterocycles. The van der Waals surface area contributed by atoms with Gasteiger partial charge in [-0.3, -0.25) is 4.79 Å². The highest BCUT2D eigenvalue weighted by atomic mass is 16.8. The molecule has 0 spiro atoms. The summed E-state index contributed by atoms with van der Waals surface area (Å²) in [5.74, 6) is -5.81. The Kier molecular flexibility index (Phi) is 14.3. The second-order valence-corrected chi connectivity index (χ2v) is 22.7. The molecule has 380 valence electrons. The van der Waals surface area contributed by atoms with Crippen LogP contribution in [0.3, 0.4) is 0 Å². The molecule has 10 N–H and O–H groups in total. The van der Waals surface area contributed by atoms with Crippen molar-refractivity contribution in [1.29, 1.82) is 0 Å². The van der Waals surface area contributed by atoms with E-state index in [2.05, 4.69) is 40.7 Å². The second-order valence-electron chi connectivity index (χ2n) is 22.7. The number of aliphatic hydroxyl groups is 6. The lowest BCUT2D eigenvalue weighted by Crippen LogP contribution is -2.68. The number of carboxylic acid groups (broad SMARTS) is 4. The molecule has 0 amide bonds. The highest BCUT2D eigenvalue weighted by molar-refractivity contribution is 5.77. The first-order chi connectivity index (χ1) is 31.1. The van der Waals surface area contributed by atoms with Gasteiger partial charge < -0.3 is 79.5 Å². The third kappa shape index (κ3) is 8.65. The molecule has 5 aliphatic carbocycles.